The van der Waals surface area contributed by atoms with E-state index < -0.39 is 0 Å². The van der Waals surface area contributed by atoms with E-state index in [2.05, 4.69) is 4.98 Å². The number of furan rings is 1. The Bertz CT molecular complexity index is 724. The van der Waals surface area contributed by atoms with Gasteiger partial charge in [-0.05, 0) is 12.1 Å². The molecule has 0 fully saturated rings. The standard InChI is InChI=1S/C12H9NO3/c1-15-8-5-11-12(13-6-8)9-3-2-7(14)4-10(9)16-11/h2-6,13H,1H3. The Morgan fingerprint density at radius 3 is 2.94 bits per heavy atom. The second kappa shape index (κ2) is 3.13. The van der Waals surface area contributed by atoms with Crippen molar-refractivity contribution in [1.29, 1.82) is 0 Å². The van der Waals surface area contributed by atoms with E-state index >= 15 is 0 Å². The largest absolute Gasteiger partial charge is 0.495 e. The van der Waals surface area contributed by atoms with Gasteiger partial charge in [0.05, 0.1) is 12.6 Å². The monoisotopic (exact) mass is 215 g/mol. The summed E-state index contributed by atoms with van der Waals surface area (Å²) in [5.41, 5.74) is 2.08. The molecule has 16 heavy (non-hydrogen) atoms. The average molecular weight is 215 g/mol. The minimum Gasteiger partial charge on any atom is -0.495 e. The Labute approximate surface area is 90.4 Å². The molecular formula is C12H9NO3. The zero-order valence-corrected chi connectivity index (χ0v) is 8.61. The van der Waals surface area contributed by atoms with Crippen LogP contribution < -0.4 is 10.2 Å². The molecule has 2 heterocycles. The first-order chi connectivity index (χ1) is 7.78. The molecule has 0 aliphatic rings. The Hall–Kier alpha value is -2.23. The predicted molar refractivity (Wildman–Crippen MR) is 60.9 cm³/mol. The Balaban J connectivity index is 2.45. The lowest BCUT2D eigenvalue weighted by atomic mass is 10.2. The van der Waals surface area contributed by atoms with Crippen molar-refractivity contribution in [2.75, 3.05) is 7.11 Å². The van der Waals surface area contributed by atoms with Crippen LogP contribution in [0, 0.1) is 0 Å². The first kappa shape index (κ1) is 9.03. The van der Waals surface area contributed by atoms with Gasteiger partial charge in [0.15, 0.2) is 11.0 Å². The van der Waals surface area contributed by atoms with Crippen LogP contribution in [-0.4, -0.2) is 12.1 Å². The number of fused-ring (bicyclic) bond motifs is 3. The second-order valence-electron chi connectivity index (χ2n) is 3.54. The maximum Gasteiger partial charge on any atom is 0.182 e. The number of pyridine rings is 1. The molecule has 0 bridgehead atoms. The molecule has 0 aliphatic heterocycles. The molecule has 1 aromatic carbocycles. The number of methoxy groups -OCH3 is 1. The lowest BCUT2D eigenvalue weighted by molar-refractivity contribution is 0.413. The topological polar surface area (TPSA) is 55.2 Å². The van der Waals surface area contributed by atoms with Crippen LogP contribution in [-0.2, 0) is 0 Å². The van der Waals surface area contributed by atoms with Gasteiger partial charge >= 0.3 is 0 Å². The smallest absolute Gasteiger partial charge is 0.182 e. The lowest BCUT2D eigenvalue weighted by Gasteiger charge is -1.97. The molecule has 0 saturated heterocycles. The summed E-state index contributed by atoms with van der Waals surface area (Å²) < 4.78 is 10.7. The third kappa shape index (κ3) is 1.20. The van der Waals surface area contributed by atoms with E-state index in [0.717, 1.165) is 10.9 Å². The summed E-state index contributed by atoms with van der Waals surface area (Å²) in [6.45, 7) is 0. The van der Waals surface area contributed by atoms with E-state index in [1.54, 1.807) is 25.4 Å². The van der Waals surface area contributed by atoms with Gasteiger partial charge in [-0.25, -0.2) is 0 Å². The van der Waals surface area contributed by atoms with E-state index in [0.29, 0.717) is 16.9 Å². The fourth-order valence-corrected chi connectivity index (χ4v) is 1.78. The molecule has 0 saturated carbocycles. The van der Waals surface area contributed by atoms with Crippen LogP contribution in [0.1, 0.15) is 0 Å². The van der Waals surface area contributed by atoms with E-state index in [9.17, 15) is 4.79 Å². The maximum absolute atomic E-state index is 11.2. The van der Waals surface area contributed by atoms with Crippen molar-refractivity contribution in [3.05, 3.63) is 40.7 Å². The number of H-pyrrole nitrogens is 1. The molecule has 80 valence electrons. The number of hydrogen-bond donors (Lipinski definition) is 1. The van der Waals surface area contributed by atoms with Gasteiger partial charge in [-0.2, -0.15) is 0 Å². The Morgan fingerprint density at radius 1 is 1.25 bits per heavy atom. The fourth-order valence-electron chi connectivity index (χ4n) is 1.78. The Morgan fingerprint density at radius 2 is 2.12 bits per heavy atom. The van der Waals surface area contributed by atoms with Gasteiger partial charge < -0.3 is 14.1 Å². The van der Waals surface area contributed by atoms with Gasteiger partial charge in [-0.1, -0.05) is 0 Å². The van der Waals surface area contributed by atoms with E-state index in [4.69, 9.17) is 9.15 Å². The summed E-state index contributed by atoms with van der Waals surface area (Å²) in [5, 5.41) is 0.900. The van der Waals surface area contributed by atoms with Crippen molar-refractivity contribution in [2.24, 2.45) is 0 Å². The highest BCUT2D eigenvalue weighted by atomic mass is 16.5. The molecule has 0 amide bonds. The van der Waals surface area contributed by atoms with E-state index in [1.165, 1.54) is 12.1 Å². The molecule has 3 aromatic rings. The molecule has 0 unspecified atom stereocenters. The molecule has 0 atom stereocenters. The summed E-state index contributed by atoms with van der Waals surface area (Å²) >= 11 is 0. The average Bonchev–Trinajstić information content (AvgIpc) is 2.64. The fraction of sp³-hybridized carbons (Fsp3) is 0.0833. The highest BCUT2D eigenvalue weighted by molar-refractivity contribution is 6.02. The third-order valence-electron chi connectivity index (χ3n) is 2.56. The van der Waals surface area contributed by atoms with Crippen LogP contribution >= 0.6 is 0 Å². The number of hydrogen-bond acceptors (Lipinski definition) is 3. The highest BCUT2D eigenvalue weighted by Crippen LogP contribution is 2.27. The number of aromatic amines is 1. The van der Waals surface area contributed by atoms with Crippen molar-refractivity contribution in [3.8, 4) is 5.75 Å². The van der Waals surface area contributed by atoms with Gasteiger partial charge in [-0.3, -0.25) is 4.79 Å². The minimum absolute atomic E-state index is 0.0569. The third-order valence-corrected chi connectivity index (χ3v) is 2.56. The molecule has 0 aliphatic carbocycles. The number of rotatable bonds is 1. The predicted octanol–water partition coefficient (Wildman–Crippen LogP) is 2.28. The van der Waals surface area contributed by atoms with Crippen LogP contribution in [0.4, 0.5) is 0 Å². The zero-order chi connectivity index (χ0) is 11.1. The number of nitrogens with one attached hydrogen (secondary N) is 1. The Kier molecular flexibility index (Phi) is 1.77. The number of aromatic nitrogens is 1. The van der Waals surface area contributed by atoms with Gasteiger partial charge in [0, 0.05) is 23.7 Å². The summed E-state index contributed by atoms with van der Waals surface area (Å²) in [7, 11) is 1.59. The molecule has 4 nitrogen and oxygen atoms in total. The first-order valence-corrected chi connectivity index (χ1v) is 4.87. The molecule has 4 heteroatoms. The summed E-state index contributed by atoms with van der Waals surface area (Å²) in [6.07, 6.45) is 1.75. The molecule has 1 N–H and O–H groups in total. The van der Waals surface area contributed by atoms with Gasteiger partial charge in [-0.15, -0.1) is 0 Å². The van der Waals surface area contributed by atoms with Crippen LogP contribution in [0.25, 0.3) is 22.1 Å². The van der Waals surface area contributed by atoms with Crippen LogP contribution in [0.15, 0.2) is 39.7 Å². The van der Waals surface area contributed by atoms with Crippen molar-refractivity contribution < 1.29 is 9.15 Å². The molecule has 3 rings (SSSR count). The van der Waals surface area contributed by atoms with Crippen LogP contribution in [0.2, 0.25) is 0 Å². The van der Waals surface area contributed by atoms with Crippen LogP contribution in [0.5, 0.6) is 5.75 Å². The lowest BCUT2D eigenvalue weighted by Crippen LogP contribution is -1.92. The molecule has 0 radical (unpaired) electrons. The van der Waals surface area contributed by atoms with Gasteiger partial charge in [0.25, 0.3) is 0 Å². The molecule has 0 spiro atoms. The van der Waals surface area contributed by atoms with Crippen LogP contribution in [0.3, 0.4) is 0 Å². The van der Waals surface area contributed by atoms with Gasteiger partial charge in [0.1, 0.15) is 11.3 Å². The quantitative estimate of drug-likeness (QED) is 0.677. The number of benzene rings is 1. The SMILES string of the molecule is COc1c[nH]c2c(c1)oc1cc(=O)ccc12. The first-order valence-electron chi connectivity index (χ1n) is 4.87. The van der Waals surface area contributed by atoms with Crippen molar-refractivity contribution in [3.63, 3.8) is 0 Å². The number of ether oxygens (including phenoxy) is 1. The minimum atomic E-state index is -0.0569. The summed E-state index contributed by atoms with van der Waals surface area (Å²) in [4.78, 5) is 14.3. The second-order valence-corrected chi connectivity index (χ2v) is 3.54. The molecular weight excluding hydrogens is 206 g/mol. The molecule has 2 aromatic heterocycles. The van der Waals surface area contributed by atoms with Crippen molar-refractivity contribution in [2.45, 2.75) is 0 Å². The maximum atomic E-state index is 11.2. The van der Waals surface area contributed by atoms with E-state index in [1.807, 2.05) is 0 Å². The van der Waals surface area contributed by atoms with E-state index in [-0.39, 0.29) is 5.43 Å². The highest BCUT2D eigenvalue weighted by Gasteiger charge is 2.08. The summed E-state index contributed by atoms with van der Waals surface area (Å²) in [5.74, 6) is 0.689. The summed E-state index contributed by atoms with van der Waals surface area (Å²) in [6, 6.07) is 6.55. The van der Waals surface area contributed by atoms with Crippen molar-refractivity contribution >= 4 is 22.1 Å². The normalized spacial score (nSPS) is 11.1. The van der Waals surface area contributed by atoms with Gasteiger partial charge in [0.2, 0.25) is 0 Å². The van der Waals surface area contributed by atoms with Crippen molar-refractivity contribution in [1.82, 2.24) is 4.98 Å². The zero-order valence-electron chi connectivity index (χ0n) is 8.61.